The molecule has 0 aliphatic heterocycles. The van der Waals surface area contributed by atoms with Gasteiger partial charge in [0.25, 0.3) is 13.1 Å². The van der Waals surface area contributed by atoms with E-state index in [1.807, 2.05) is 0 Å². The number of hydrogen-bond acceptors (Lipinski definition) is 10. The summed E-state index contributed by atoms with van der Waals surface area (Å²) < 4.78 is 36.6. The maximum atomic E-state index is 13.6. The fourth-order valence-electron chi connectivity index (χ4n) is 3.19. The normalized spacial score (nSPS) is 13.9. The van der Waals surface area contributed by atoms with Crippen molar-refractivity contribution in [1.82, 2.24) is 24.6 Å². The number of nitrogens with two attached hydrogens (primary N) is 1. The zero-order chi connectivity index (χ0) is 26.3. The van der Waals surface area contributed by atoms with Gasteiger partial charge >= 0.3 is 5.97 Å². The van der Waals surface area contributed by atoms with Crippen LogP contribution in [0.3, 0.4) is 0 Å². The molecule has 0 saturated carbocycles. The van der Waals surface area contributed by atoms with Gasteiger partial charge < -0.3 is 29.0 Å². The van der Waals surface area contributed by atoms with Crippen molar-refractivity contribution in [2.45, 2.75) is 33.0 Å². The Morgan fingerprint density at radius 1 is 1.39 bits per heavy atom. The van der Waals surface area contributed by atoms with Crippen molar-refractivity contribution in [1.29, 1.82) is 0 Å². The summed E-state index contributed by atoms with van der Waals surface area (Å²) in [4.78, 5) is 34.5. The number of nitrogen functional groups attached to an aromatic ring is 1. The fraction of sp³-hybridized carbons (Fsp3) is 0.429. The molecule has 0 fully saturated rings. The van der Waals surface area contributed by atoms with Crippen LogP contribution in [0, 0.1) is 0 Å². The molecule has 2 heterocycles. The first-order valence-corrected chi connectivity index (χ1v) is 13.1. The van der Waals surface area contributed by atoms with Crippen LogP contribution < -0.4 is 21.1 Å². The number of aromatic amines is 1. The Morgan fingerprint density at radius 2 is 2.17 bits per heavy atom. The Bertz CT molecular complexity index is 1310. The summed E-state index contributed by atoms with van der Waals surface area (Å²) in [6, 6.07) is 4.11. The van der Waals surface area contributed by atoms with Crippen molar-refractivity contribution < 1.29 is 28.1 Å². The van der Waals surface area contributed by atoms with E-state index >= 15 is 0 Å². The second-order valence-electron chi connectivity index (χ2n) is 7.62. The van der Waals surface area contributed by atoms with E-state index in [4.69, 9.17) is 36.1 Å². The van der Waals surface area contributed by atoms with Crippen LogP contribution in [0.2, 0.25) is 5.02 Å². The van der Waals surface area contributed by atoms with Crippen LogP contribution in [-0.4, -0.2) is 58.2 Å². The fourth-order valence-corrected chi connectivity index (χ4v) is 5.11. The summed E-state index contributed by atoms with van der Waals surface area (Å²) in [7, 11) is -2.19. The summed E-state index contributed by atoms with van der Waals surface area (Å²) in [5.74, 6) is -0.123. The number of halogens is 1. The lowest BCUT2D eigenvalue weighted by Gasteiger charge is -2.23. The molecule has 36 heavy (non-hydrogen) atoms. The molecule has 3 rings (SSSR count). The Morgan fingerprint density at radius 3 is 2.86 bits per heavy atom. The van der Waals surface area contributed by atoms with Gasteiger partial charge in [-0.15, -0.1) is 0 Å². The molecule has 4 N–H and O–H groups in total. The molecule has 0 spiro atoms. The van der Waals surface area contributed by atoms with Crippen LogP contribution in [0.25, 0.3) is 11.2 Å². The van der Waals surface area contributed by atoms with Gasteiger partial charge in [-0.3, -0.25) is 19.1 Å². The molecular formula is C21H28ClN6O7P. The molecule has 0 aliphatic carbocycles. The van der Waals surface area contributed by atoms with Gasteiger partial charge in [0.05, 0.1) is 38.3 Å². The maximum Gasteiger partial charge on any atom is 0.323 e. The van der Waals surface area contributed by atoms with Gasteiger partial charge in [-0.2, -0.15) is 4.98 Å². The number of esters is 1. The zero-order valence-corrected chi connectivity index (χ0v) is 21.7. The molecule has 1 unspecified atom stereocenters. The predicted octanol–water partition coefficient (Wildman–Crippen LogP) is 2.29. The van der Waals surface area contributed by atoms with E-state index < -0.39 is 25.1 Å². The Balaban J connectivity index is 1.66. The lowest BCUT2D eigenvalue weighted by Crippen LogP contribution is -2.34. The van der Waals surface area contributed by atoms with Crippen molar-refractivity contribution in [2.75, 3.05) is 32.4 Å². The third-order valence-electron chi connectivity index (χ3n) is 4.92. The minimum Gasteiger partial charge on any atom is -0.495 e. The number of benzene rings is 1. The monoisotopic (exact) mass is 542 g/mol. The molecule has 0 amide bonds. The average molecular weight is 543 g/mol. The number of nitrogens with one attached hydrogen (secondary N) is 2. The highest BCUT2D eigenvalue weighted by atomic mass is 35.5. The second-order valence-corrected chi connectivity index (χ2v) is 10.1. The van der Waals surface area contributed by atoms with Gasteiger partial charge in [0.15, 0.2) is 11.2 Å². The molecule has 0 radical (unpaired) electrons. The number of rotatable bonds is 13. The van der Waals surface area contributed by atoms with Gasteiger partial charge in [-0.25, -0.2) is 10.1 Å². The van der Waals surface area contributed by atoms with Crippen LogP contribution in [0.1, 0.15) is 19.4 Å². The smallest absolute Gasteiger partial charge is 0.323 e. The first kappa shape index (κ1) is 27.6. The van der Waals surface area contributed by atoms with Crippen molar-refractivity contribution in [3.63, 3.8) is 0 Å². The average Bonchev–Trinajstić information content (AvgIpc) is 3.24. The maximum absolute atomic E-state index is 13.6. The Labute approximate surface area is 211 Å². The third kappa shape index (κ3) is 7.05. The highest BCUT2D eigenvalue weighted by Gasteiger charge is 2.29. The zero-order valence-electron chi connectivity index (χ0n) is 20.0. The van der Waals surface area contributed by atoms with Gasteiger partial charge in [-0.1, -0.05) is 17.7 Å². The third-order valence-corrected chi connectivity index (χ3v) is 7.06. The number of imidazole rings is 1. The minimum absolute atomic E-state index is 0.0381. The molecule has 2 atom stereocenters. The molecular weight excluding hydrogens is 515 g/mol. The summed E-state index contributed by atoms with van der Waals surface area (Å²) in [6.07, 6.45) is 1.09. The summed E-state index contributed by atoms with van der Waals surface area (Å²) >= 11 is 6.16. The predicted molar refractivity (Wildman–Crippen MR) is 133 cm³/mol. The molecule has 0 saturated heterocycles. The van der Waals surface area contributed by atoms with Crippen molar-refractivity contribution in [2.24, 2.45) is 0 Å². The number of ether oxygens (including phenoxy) is 3. The highest BCUT2D eigenvalue weighted by Crippen LogP contribution is 2.44. The highest BCUT2D eigenvalue weighted by molar-refractivity contribution is 7.56. The van der Waals surface area contributed by atoms with E-state index in [2.05, 4.69) is 20.0 Å². The lowest BCUT2D eigenvalue weighted by atomic mass is 10.2. The number of hydrogen-bond donors (Lipinski definition) is 3. The van der Waals surface area contributed by atoms with E-state index in [0.29, 0.717) is 22.0 Å². The number of aromatic nitrogens is 4. The van der Waals surface area contributed by atoms with E-state index in [1.165, 1.54) is 20.4 Å². The standard InChI is InChI=1S/C21H28ClN6O7P/c1-4-34-20(30)13(2)27-36(31,35-10-14-5-6-16(32-3)15(22)9-14)12-33-8-7-28-11-24-17-18(28)25-21(23)26-19(17)29/h5-6,9,11,13H,4,7-8,10,12H2,1-3H3,(H,27,31)(H3,23,25,26,29)/t13-,36?/m0/s1. The number of anilines is 1. The topological polar surface area (TPSA) is 173 Å². The Kier molecular flexibility index (Phi) is 9.46. The van der Waals surface area contributed by atoms with Crippen LogP contribution in [0.5, 0.6) is 5.75 Å². The first-order chi connectivity index (χ1) is 17.2. The number of fused-ring (bicyclic) bond motifs is 1. The number of H-pyrrole nitrogens is 1. The summed E-state index contributed by atoms with van der Waals surface area (Å²) in [5.41, 5.74) is 6.24. The molecule has 15 heteroatoms. The van der Waals surface area contributed by atoms with Crippen molar-refractivity contribution in [3.8, 4) is 5.75 Å². The first-order valence-electron chi connectivity index (χ1n) is 10.9. The summed E-state index contributed by atoms with van der Waals surface area (Å²) in [6.45, 7) is 3.63. The van der Waals surface area contributed by atoms with Gasteiger partial charge in [0.2, 0.25) is 5.95 Å². The lowest BCUT2D eigenvalue weighted by molar-refractivity contribution is -0.144. The van der Waals surface area contributed by atoms with Crippen molar-refractivity contribution >= 4 is 42.2 Å². The van der Waals surface area contributed by atoms with Gasteiger partial charge in [0.1, 0.15) is 18.1 Å². The van der Waals surface area contributed by atoms with Gasteiger partial charge in [0, 0.05) is 6.54 Å². The number of carbonyl (C=O) groups excluding carboxylic acids is 1. The molecule has 13 nitrogen and oxygen atoms in total. The van der Waals surface area contributed by atoms with Crippen LogP contribution >= 0.6 is 19.1 Å². The number of nitrogens with zero attached hydrogens (tertiary/aromatic N) is 3. The number of carbonyl (C=O) groups is 1. The largest absolute Gasteiger partial charge is 0.495 e. The number of methoxy groups -OCH3 is 1. The van der Waals surface area contributed by atoms with E-state index in [-0.39, 0.29) is 44.2 Å². The Hall–Kier alpha value is -2.96. The molecule has 196 valence electrons. The molecule has 2 aromatic heterocycles. The molecule has 1 aromatic carbocycles. The van der Waals surface area contributed by atoms with E-state index in [1.54, 1.807) is 29.7 Å². The van der Waals surface area contributed by atoms with Crippen molar-refractivity contribution in [3.05, 3.63) is 45.5 Å². The molecule has 0 bridgehead atoms. The quantitative estimate of drug-likeness (QED) is 0.164. The van der Waals surface area contributed by atoms with Crippen LogP contribution in [0.15, 0.2) is 29.3 Å². The second kappa shape index (κ2) is 12.3. The van der Waals surface area contributed by atoms with E-state index in [9.17, 15) is 14.2 Å². The van der Waals surface area contributed by atoms with Gasteiger partial charge in [-0.05, 0) is 31.5 Å². The molecule has 0 aliphatic rings. The SMILES string of the molecule is CCOC(=O)[C@H](C)NP(=O)(COCCn1cnc2c(=O)[nH]c(N)nc21)OCc1ccc(OC)c(Cl)c1. The molecule has 3 aromatic rings. The van der Waals surface area contributed by atoms with E-state index in [0.717, 1.165) is 0 Å². The summed E-state index contributed by atoms with van der Waals surface area (Å²) in [5, 5.41) is 3.08. The van der Waals surface area contributed by atoms with Crippen LogP contribution in [-0.2, 0) is 36.5 Å². The van der Waals surface area contributed by atoms with Crippen LogP contribution in [0.4, 0.5) is 5.95 Å². The minimum atomic E-state index is -3.69.